The summed E-state index contributed by atoms with van der Waals surface area (Å²) in [7, 11) is 0. The third kappa shape index (κ3) is 5.84. The van der Waals surface area contributed by atoms with Gasteiger partial charge in [0.2, 0.25) is 0 Å². The molecule has 1 N–H and O–H groups in total. The molecule has 1 aromatic carbocycles. The maximum absolute atomic E-state index is 12.1. The van der Waals surface area contributed by atoms with Crippen LogP contribution in [0.4, 0.5) is 0 Å². The van der Waals surface area contributed by atoms with Crippen LogP contribution in [0.1, 0.15) is 44.0 Å². The minimum absolute atomic E-state index is 0.235. The van der Waals surface area contributed by atoms with E-state index in [4.69, 9.17) is 27.9 Å². The molecule has 0 saturated carbocycles. The molecule has 1 aromatic rings. The van der Waals surface area contributed by atoms with Crippen molar-refractivity contribution in [3.63, 3.8) is 0 Å². The minimum atomic E-state index is -0.471. The Balaban J connectivity index is 2.83. The van der Waals surface area contributed by atoms with E-state index in [1.54, 1.807) is 19.9 Å². The zero-order valence-electron chi connectivity index (χ0n) is 13.4. The molecule has 0 radical (unpaired) electrons. The Morgan fingerprint density at radius 1 is 1.30 bits per heavy atom. The third-order valence-electron chi connectivity index (χ3n) is 3.16. The summed E-state index contributed by atoms with van der Waals surface area (Å²) in [5, 5.41) is 4.69. The molecule has 1 atom stereocenters. The number of esters is 1. The molecule has 0 unspecified atom stereocenters. The number of amides is 1. The van der Waals surface area contributed by atoms with E-state index < -0.39 is 11.8 Å². The predicted molar refractivity (Wildman–Crippen MR) is 92.1 cm³/mol. The molecule has 0 aliphatic carbocycles. The Bertz CT molecular complexity index is 603. The fourth-order valence-electron chi connectivity index (χ4n) is 1.98. The number of benzene rings is 1. The van der Waals surface area contributed by atoms with Crippen molar-refractivity contribution in [2.45, 2.75) is 33.6 Å². The van der Waals surface area contributed by atoms with Gasteiger partial charge in [0.05, 0.1) is 23.1 Å². The monoisotopic (exact) mass is 358 g/mol. The lowest BCUT2D eigenvalue weighted by Crippen LogP contribution is -2.28. The van der Waals surface area contributed by atoms with Gasteiger partial charge < -0.3 is 4.74 Å². The molecule has 1 rings (SSSR count). The second-order valence-corrected chi connectivity index (χ2v) is 5.76. The first-order valence-corrected chi connectivity index (χ1v) is 8.12. The highest BCUT2D eigenvalue weighted by Crippen LogP contribution is 2.20. The lowest BCUT2D eigenvalue weighted by molar-refractivity contribution is -0.145. The van der Waals surface area contributed by atoms with Gasteiger partial charge in [-0.3, -0.25) is 9.59 Å². The molecule has 126 valence electrons. The molecule has 0 aliphatic heterocycles. The molecule has 23 heavy (non-hydrogen) atoms. The molecule has 0 saturated heterocycles. The zero-order chi connectivity index (χ0) is 17.4. The number of carbonyl (C=O) groups is 2. The maximum Gasteiger partial charge on any atom is 0.314 e. The number of nitrogens with zero attached hydrogens (tertiary/aromatic N) is 1. The van der Waals surface area contributed by atoms with E-state index in [2.05, 4.69) is 10.5 Å². The van der Waals surface area contributed by atoms with Gasteiger partial charge in [-0.15, -0.1) is 0 Å². The van der Waals surface area contributed by atoms with Crippen LogP contribution in [0, 0.1) is 5.92 Å². The molecule has 7 heteroatoms. The van der Waals surface area contributed by atoms with Gasteiger partial charge in [-0.25, -0.2) is 5.43 Å². The van der Waals surface area contributed by atoms with Crippen LogP contribution in [0.15, 0.2) is 23.3 Å². The van der Waals surface area contributed by atoms with Crippen molar-refractivity contribution < 1.29 is 14.3 Å². The molecule has 5 nitrogen and oxygen atoms in total. The van der Waals surface area contributed by atoms with E-state index in [9.17, 15) is 9.59 Å². The quantitative estimate of drug-likeness (QED) is 0.453. The number of halogens is 2. The van der Waals surface area contributed by atoms with Crippen LogP contribution >= 0.6 is 23.2 Å². The van der Waals surface area contributed by atoms with Crippen molar-refractivity contribution >= 4 is 40.8 Å². The summed E-state index contributed by atoms with van der Waals surface area (Å²) < 4.78 is 5.03. The summed E-state index contributed by atoms with van der Waals surface area (Å²) in [5.74, 6) is -1.28. The number of hydrogen-bond donors (Lipinski definition) is 1. The molecular weight excluding hydrogens is 339 g/mol. The van der Waals surface area contributed by atoms with E-state index >= 15 is 0 Å². The summed E-state index contributed by atoms with van der Waals surface area (Å²) in [6.07, 6.45) is 1.40. The van der Waals surface area contributed by atoms with E-state index in [0.717, 1.165) is 6.42 Å². The van der Waals surface area contributed by atoms with Gasteiger partial charge in [0, 0.05) is 10.7 Å². The van der Waals surface area contributed by atoms with Crippen LogP contribution in [0.5, 0.6) is 0 Å². The van der Waals surface area contributed by atoms with Gasteiger partial charge >= 0.3 is 5.97 Å². The van der Waals surface area contributed by atoms with Gasteiger partial charge in [-0.1, -0.05) is 36.5 Å². The van der Waals surface area contributed by atoms with Gasteiger partial charge in [0.15, 0.2) is 0 Å². The van der Waals surface area contributed by atoms with Crippen molar-refractivity contribution in [1.82, 2.24) is 5.43 Å². The van der Waals surface area contributed by atoms with E-state index in [1.165, 1.54) is 12.1 Å². The Kier molecular flexibility index (Phi) is 8.06. The SMILES string of the molecule is CCC[C@@H](C(=O)OCC)C(C)=NNC(=O)c1ccc(Cl)cc1Cl. The van der Waals surface area contributed by atoms with Crippen molar-refractivity contribution in [3.8, 4) is 0 Å². The van der Waals surface area contributed by atoms with Crippen LogP contribution in [0.25, 0.3) is 0 Å². The Morgan fingerprint density at radius 3 is 2.57 bits per heavy atom. The molecule has 0 fully saturated rings. The Morgan fingerprint density at radius 2 is 2.00 bits per heavy atom. The highest BCUT2D eigenvalue weighted by molar-refractivity contribution is 6.36. The first-order chi connectivity index (χ1) is 10.9. The normalized spacial score (nSPS) is 12.7. The van der Waals surface area contributed by atoms with E-state index in [1.807, 2.05) is 6.92 Å². The molecular formula is C16H20Cl2N2O3. The molecule has 0 bridgehead atoms. The van der Waals surface area contributed by atoms with Crippen LogP contribution < -0.4 is 5.43 Å². The van der Waals surface area contributed by atoms with Gasteiger partial charge in [0.1, 0.15) is 0 Å². The average Bonchev–Trinajstić information content (AvgIpc) is 2.50. The van der Waals surface area contributed by atoms with Crippen molar-refractivity contribution in [2.24, 2.45) is 11.0 Å². The maximum atomic E-state index is 12.1. The molecule has 1 amide bonds. The summed E-state index contributed by atoms with van der Waals surface area (Å²) >= 11 is 11.8. The van der Waals surface area contributed by atoms with Crippen LogP contribution in [0.2, 0.25) is 10.0 Å². The predicted octanol–water partition coefficient (Wildman–Crippen LogP) is 4.08. The smallest absolute Gasteiger partial charge is 0.314 e. The first-order valence-electron chi connectivity index (χ1n) is 7.36. The standard InChI is InChI=1S/C16H20Cl2N2O3/c1-4-6-12(16(22)23-5-2)10(3)19-20-15(21)13-8-7-11(17)9-14(13)18/h7-9,12H,4-6H2,1-3H3,(H,20,21)/t12-/m1/s1. The number of hydrogen-bond acceptors (Lipinski definition) is 4. The van der Waals surface area contributed by atoms with Crippen molar-refractivity contribution in [1.29, 1.82) is 0 Å². The lowest BCUT2D eigenvalue weighted by Gasteiger charge is -2.14. The van der Waals surface area contributed by atoms with Crippen molar-refractivity contribution in [3.05, 3.63) is 33.8 Å². The molecule has 0 spiro atoms. The number of carbonyl (C=O) groups excluding carboxylic acids is 2. The number of rotatable bonds is 7. The topological polar surface area (TPSA) is 67.8 Å². The molecule has 0 aliphatic rings. The van der Waals surface area contributed by atoms with Gasteiger partial charge in [-0.2, -0.15) is 5.10 Å². The summed E-state index contributed by atoms with van der Waals surface area (Å²) in [6.45, 7) is 5.70. The second-order valence-electron chi connectivity index (χ2n) is 4.91. The fraction of sp³-hybridized carbons (Fsp3) is 0.438. The van der Waals surface area contributed by atoms with Crippen LogP contribution in [0.3, 0.4) is 0 Å². The van der Waals surface area contributed by atoms with Gasteiger partial charge in [-0.05, 0) is 38.5 Å². The van der Waals surface area contributed by atoms with E-state index in [-0.39, 0.29) is 16.6 Å². The zero-order valence-corrected chi connectivity index (χ0v) is 14.9. The second kappa shape index (κ2) is 9.53. The Hall–Kier alpha value is -1.59. The molecule has 0 aromatic heterocycles. The van der Waals surface area contributed by atoms with E-state index in [0.29, 0.717) is 23.8 Å². The summed E-state index contributed by atoms with van der Waals surface area (Å²) in [5.41, 5.74) is 3.16. The molecule has 0 heterocycles. The van der Waals surface area contributed by atoms with Crippen molar-refractivity contribution in [2.75, 3.05) is 6.61 Å². The van der Waals surface area contributed by atoms with Crippen LogP contribution in [-0.4, -0.2) is 24.2 Å². The number of hydrazone groups is 1. The number of nitrogens with one attached hydrogen (secondary N) is 1. The average molecular weight is 359 g/mol. The third-order valence-corrected chi connectivity index (χ3v) is 3.71. The van der Waals surface area contributed by atoms with Crippen LogP contribution in [-0.2, 0) is 9.53 Å². The lowest BCUT2D eigenvalue weighted by atomic mass is 9.99. The minimum Gasteiger partial charge on any atom is -0.465 e. The highest BCUT2D eigenvalue weighted by Gasteiger charge is 2.22. The largest absolute Gasteiger partial charge is 0.465 e. The fourth-order valence-corrected chi connectivity index (χ4v) is 2.47. The first kappa shape index (κ1) is 19.5. The highest BCUT2D eigenvalue weighted by atomic mass is 35.5. The summed E-state index contributed by atoms with van der Waals surface area (Å²) in [4.78, 5) is 24.0. The summed E-state index contributed by atoms with van der Waals surface area (Å²) in [6, 6.07) is 4.56. The Labute approximate surface area is 146 Å². The number of ether oxygens (including phenoxy) is 1. The van der Waals surface area contributed by atoms with Gasteiger partial charge in [0.25, 0.3) is 5.91 Å².